The third-order valence-electron chi connectivity index (χ3n) is 5.08. The van der Waals surface area contributed by atoms with Crippen LogP contribution in [0.4, 0.5) is 4.39 Å². The van der Waals surface area contributed by atoms with Crippen LogP contribution in [0.5, 0.6) is 0 Å². The van der Waals surface area contributed by atoms with Gasteiger partial charge in [-0.1, -0.05) is 37.3 Å². The van der Waals surface area contributed by atoms with Gasteiger partial charge in [0.25, 0.3) is 0 Å². The van der Waals surface area contributed by atoms with E-state index in [0.29, 0.717) is 13.2 Å². The molecule has 0 aliphatic rings. The minimum atomic E-state index is -0.294. The summed E-state index contributed by atoms with van der Waals surface area (Å²) in [5.41, 5.74) is 4.13. The minimum absolute atomic E-state index is 0.0497. The zero-order chi connectivity index (χ0) is 19.9. The van der Waals surface area contributed by atoms with Crippen molar-refractivity contribution in [1.82, 2.24) is 10.3 Å². The van der Waals surface area contributed by atoms with E-state index < -0.39 is 0 Å². The monoisotopic (exact) mass is 382 g/mol. The van der Waals surface area contributed by atoms with Crippen LogP contribution in [0.25, 0.3) is 10.9 Å². The molecule has 0 saturated carbocycles. The summed E-state index contributed by atoms with van der Waals surface area (Å²) in [4.78, 5) is 15.9. The van der Waals surface area contributed by atoms with Crippen molar-refractivity contribution in [3.63, 3.8) is 0 Å². The summed E-state index contributed by atoms with van der Waals surface area (Å²) >= 11 is 0. The largest absolute Gasteiger partial charge is 0.385 e. The van der Waals surface area contributed by atoms with Gasteiger partial charge in [-0.15, -0.1) is 0 Å². The highest BCUT2D eigenvalue weighted by Crippen LogP contribution is 2.34. The number of carbonyl (C=O) groups is 1. The number of amides is 1. The number of aryl methyl sites for hydroxylation is 1. The van der Waals surface area contributed by atoms with E-state index in [-0.39, 0.29) is 24.1 Å². The van der Waals surface area contributed by atoms with E-state index in [2.05, 4.69) is 29.4 Å². The van der Waals surface area contributed by atoms with Gasteiger partial charge in [0, 0.05) is 49.7 Å². The summed E-state index contributed by atoms with van der Waals surface area (Å²) in [6.07, 6.45) is 3.90. The summed E-state index contributed by atoms with van der Waals surface area (Å²) in [5.74, 6) is -0.567. The first-order chi connectivity index (χ1) is 13.6. The van der Waals surface area contributed by atoms with Gasteiger partial charge < -0.3 is 15.0 Å². The number of carbonyl (C=O) groups excluding carboxylic acids is 1. The second kappa shape index (κ2) is 9.51. The smallest absolute Gasteiger partial charge is 0.220 e. The van der Waals surface area contributed by atoms with E-state index in [1.807, 2.05) is 18.3 Å². The molecule has 0 fully saturated rings. The van der Waals surface area contributed by atoms with Crippen LogP contribution in [0.3, 0.4) is 0 Å². The number of ether oxygens (including phenoxy) is 1. The molecule has 0 radical (unpaired) electrons. The molecular formula is C23H27FN2O2. The molecule has 148 valence electrons. The lowest BCUT2D eigenvalue weighted by atomic mass is 9.87. The van der Waals surface area contributed by atoms with Gasteiger partial charge in [0.2, 0.25) is 5.91 Å². The highest BCUT2D eigenvalue weighted by Gasteiger charge is 2.22. The molecule has 3 aromatic rings. The number of benzene rings is 2. The Morgan fingerprint density at radius 3 is 2.82 bits per heavy atom. The Balaban J connectivity index is 1.92. The molecular weight excluding hydrogens is 355 g/mol. The van der Waals surface area contributed by atoms with Crippen LogP contribution in [-0.2, 0) is 16.0 Å². The van der Waals surface area contributed by atoms with Gasteiger partial charge in [-0.25, -0.2) is 4.39 Å². The standard InChI is InChI=1S/C23H27FN2O2/c1-3-16-7-5-10-19-21(15-26-23(16)19)20(17-8-4-9-18(24)13-17)14-22(27)25-11-6-12-28-2/h4-5,7-10,13,15,20,26H,3,6,11-12,14H2,1-2H3,(H,25,27)/t20-/m0/s1. The molecule has 2 aromatic carbocycles. The average molecular weight is 382 g/mol. The van der Waals surface area contributed by atoms with Crippen LogP contribution in [0.1, 0.15) is 42.4 Å². The van der Waals surface area contributed by atoms with Gasteiger partial charge in [-0.3, -0.25) is 4.79 Å². The number of nitrogens with one attached hydrogen (secondary N) is 2. The molecule has 0 spiro atoms. The Bertz CT molecular complexity index is 935. The third-order valence-corrected chi connectivity index (χ3v) is 5.08. The minimum Gasteiger partial charge on any atom is -0.385 e. The number of aromatic nitrogens is 1. The topological polar surface area (TPSA) is 54.1 Å². The molecule has 0 bridgehead atoms. The van der Waals surface area contributed by atoms with Gasteiger partial charge in [-0.2, -0.15) is 0 Å². The molecule has 1 heterocycles. The number of hydrogen-bond acceptors (Lipinski definition) is 2. The van der Waals surface area contributed by atoms with Gasteiger partial charge in [0.1, 0.15) is 5.82 Å². The van der Waals surface area contributed by atoms with Crippen LogP contribution < -0.4 is 5.32 Å². The van der Waals surface area contributed by atoms with Crippen molar-refractivity contribution < 1.29 is 13.9 Å². The molecule has 4 nitrogen and oxygen atoms in total. The summed E-state index contributed by atoms with van der Waals surface area (Å²) < 4.78 is 18.9. The zero-order valence-corrected chi connectivity index (χ0v) is 16.4. The maximum Gasteiger partial charge on any atom is 0.220 e. The predicted molar refractivity (Wildman–Crippen MR) is 110 cm³/mol. The van der Waals surface area contributed by atoms with E-state index in [1.54, 1.807) is 13.2 Å². The number of methoxy groups -OCH3 is 1. The number of fused-ring (bicyclic) bond motifs is 1. The van der Waals surface area contributed by atoms with Crippen molar-refractivity contribution in [3.8, 4) is 0 Å². The lowest BCUT2D eigenvalue weighted by molar-refractivity contribution is -0.121. The molecule has 0 unspecified atom stereocenters. The van der Waals surface area contributed by atoms with E-state index >= 15 is 0 Å². The van der Waals surface area contributed by atoms with Gasteiger partial charge >= 0.3 is 0 Å². The van der Waals surface area contributed by atoms with Gasteiger partial charge in [0.05, 0.1) is 0 Å². The quantitative estimate of drug-likeness (QED) is 0.534. The SMILES string of the molecule is CCc1cccc2c([C@@H](CC(=O)NCCCOC)c3cccc(F)c3)c[nH]c12. The average Bonchev–Trinajstić information content (AvgIpc) is 3.13. The summed E-state index contributed by atoms with van der Waals surface area (Å²) in [7, 11) is 1.64. The third kappa shape index (κ3) is 4.60. The van der Waals surface area contributed by atoms with E-state index in [4.69, 9.17) is 4.74 Å². The lowest BCUT2D eigenvalue weighted by Gasteiger charge is -2.17. The van der Waals surface area contributed by atoms with Gasteiger partial charge in [-0.05, 0) is 41.7 Å². The molecule has 3 rings (SSSR count). The van der Waals surface area contributed by atoms with Crippen molar-refractivity contribution in [3.05, 3.63) is 71.2 Å². The second-order valence-electron chi connectivity index (χ2n) is 6.95. The molecule has 0 aliphatic carbocycles. The van der Waals surface area contributed by atoms with Crippen molar-refractivity contribution in [1.29, 1.82) is 0 Å². The molecule has 0 saturated heterocycles. The number of H-pyrrole nitrogens is 1. The fraction of sp³-hybridized carbons (Fsp3) is 0.348. The van der Waals surface area contributed by atoms with E-state index in [1.165, 1.54) is 17.7 Å². The van der Waals surface area contributed by atoms with Crippen molar-refractivity contribution in [2.75, 3.05) is 20.3 Å². The Morgan fingerprint density at radius 2 is 2.07 bits per heavy atom. The first-order valence-corrected chi connectivity index (χ1v) is 9.74. The van der Waals surface area contributed by atoms with Crippen molar-refractivity contribution in [2.45, 2.75) is 32.1 Å². The Labute approximate surface area is 165 Å². The van der Waals surface area contributed by atoms with Crippen LogP contribution >= 0.6 is 0 Å². The number of para-hydroxylation sites is 1. The van der Waals surface area contributed by atoms with E-state index in [9.17, 15) is 9.18 Å². The molecule has 2 N–H and O–H groups in total. The number of rotatable bonds is 9. The van der Waals surface area contributed by atoms with Crippen LogP contribution in [0, 0.1) is 5.82 Å². The summed E-state index contributed by atoms with van der Waals surface area (Å²) in [5, 5.41) is 4.03. The Kier molecular flexibility index (Phi) is 6.82. The van der Waals surface area contributed by atoms with Gasteiger partial charge in [0.15, 0.2) is 0 Å². The highest BCUT2D eigenvalue weighted by atomic mass is 19.1. The van der Waals surface area contributed by atoms with Crippen molar-refractivity contribution in [2.24, 2.45) is 0 Å². The molecule has 1 aromatic heterocycles. The summed E-state index contributed by atoms with van der Waals surface area (Å²) in [6, 6.07) is 12.7. The fourth-order valence-corrected chi connectivity index (χ4v) is 3.65. The predicted octanol–water partition coefficient (Wildman–Crippen LogP) is 4.54. The fourth-order valence-electron chi connectivity index (χ4n) is 3.65. The maximum atomic E-state index is 13.9. The number of halogens is 1. The maximum absolute atomic E-state index is 13.9. The molecule has 0 aliphatic heterocycles. The lowest BCUT2D eigenvalue weighted by Crippen LogP contribution is -2.27. The highest BCUT2D eigenvalue weighted by molar-refractivity contribution is 5.88. The Morgan fingerprint density at radius 1 is 1.25 bits per heavy atom. The summed E-state index contributed by atoms with van der Waals surface area (Å²) in [6.45, 7) is 3.29. The first kappa shape index (κ1) is 20.1. The molecule has 28 heavy (non-hydrogen) atoms. The zero-order valence-electron chi connectivity index (χ0n) is 16.4. The first-order valence-electron chi connectivity index (χ1n) is 9.74. The Hall–Kier alpha value is -2.66. The van der Waals surface area contributed by atoms with Crippen LogP contribution in [0.2, 0.25) is 0 Å². The van der Waals surface area contributed by atoms with Crippen LogP contribution in [0.15, 0.2) is 48.7 Å². The number of hydrogen-bond donors (Lipinski definition) is 2. The van der Waals surface area contributed by atoms with Crippen molar-refractivity contribution >= 4 is 16.8 Å². The normalized spacial score (nSPS) is 12.2. The van der Waals surface area contributed by atoms with E-state index in [0.717, 1.165) is 34.9 Å². The second-order valence-corrected chi connectivity index (χ2v) is 6.95. The molecule has 1 atom stereocenters. The van der Waals surface area contributed by atoms with Crippen LogP contribution in [-0.4, -0.2) is 31.2 Å². The number of aromatic amines is 1. The molecule has 1 amide bonds. The molecule has 5 heteroatoms.